The van der Waals surface area contributed by atoms with Crippen LogP contribution in [-0.2, 0) is 0 Å². The van der Waals surface area contributed by atoms with Crippen LogP contribution in [0.3, 0.4) is 0 Å². The first-order valence-electron chi connectivity index (χ1n) is 5.29. The maximum absolute atomic E-state index is 12.1. The molecule has 2 aromatic rings. The molecule has 0 heterocycles. The fourth-order valence-corrected chi connectivity index (χ4v) is 2.33. The minimum absolute atomic E-state index is 0.232. The quantitative estimate of drug-likeness (QED) is 0.520. The van der Waals surface area contributed by atoms with E-state index in [0.29, 0.717) is 22.0 Å². The summed E-state index contributed by atoms with van der Waals surface area (Å²) >= 11 is 11.5. The van der Waals surface area contributed by atoms with Gasteiger partial charge >= 0.3 is 0 Å². The molecule has 0 aliphatic heterocycles. The first-order chi connectivity index (χ1) is 8.97. The van der Waals surface area contributed by atoms with Gasteiger partial charge < -0.3 is 11.1 Å². The molecule has 3 N–H and O–H groups in total. The number of nitrogens with one attached hydrogen (secondary N) is 1. The number of rotatable bonds is 2. The fraction of sp³-hybridized carbons (Fsp3) is 0. The zero-order valence-corrected chi connectivity index (χ0v) is 14.1. The summed E-state index contributed by atoms with van der Waals surface area (Å²) < 4.78 is 1.67. The van der Waals surface area contributed by atoms with E-state index in [1.54, 1.807) is 36.4 Å². The zero-order chi connectivity index (χ0) is 14.0. The highest BCUT2D eigenvalue weighted by atomic mass is 127. The molecule has 0 bridgehead atoms. The van der Waals surface area contributed by atoms with E-state index in [9.17, 15) is 4.79 Å². The van der Waals surface area contributed by atoms with Crippen molar-refractivity contribution in [2.45, 2.75) is 0 Å². The van der Waals surface area contributed by atoms with Gasteiger partial charge in [-0.1, -0.05) is 11.6 Å². The Hall–Kier alpha value is -0.790. The van der Waals surface area contributed by atoms with Crippen LogP contribution in [0.5, 0.6) is 0 Å². The van der Waals surface area contributed by atoms with Crippen LogP contribution >= 0.6 is 50.1 Å². The molecular formula is C13H9BrClIN2O. The third-order valence-corrected chi connectivity index (χ3v) is 4.68. The van der Waals surface area contributed by atoms with Crippen molar-refractivity contribution < 1.29 is 4.79 Å². The van der Waals surface area contributed by atoms with Gasteiger partial charge in [0.25, 0.3) is 5.91 Å². The Morgan fingerprint density at radius 3 is 2.68 bits per heavy atom. The van der Waals surface area contributed by atoms with Crippen LogP contribution in [0.4, 0.5) is 11.4 Å². The molecule has 0 atom stereocenters. The molecule has 3 nitrogen and oxygen atoms in total. The minimum Gasteiger partial charge on any atom is -0.399 e. The van der Waals surface area contributed by atoms with Crippen molar-refractivity contribution in [3.8, 4) is 0 Å². The standard InChI is InChI=1S/C13H9BrClIN2O/c14-9-3-2-8(17)6-12(9)18-13(19)7-1-4-11(16)10(15)5-7/h1-6H,17H2,(H,18,19). The van der Waals surface area contributed by atoms with E-state index in [4.69, 9.17) is 17.3 Å². The molecule has 0 radical (unpaired) electrons. The molecule has 0 saturated heterocycles. The number of carbonyl (C=O) groups is 1. The Labute approximate surface area is 137 Å². The number of anilines is 2. The average Bonchev–Trinajstić information content (AvgIpc) is 2.37. The van der Waals surface area contributed by atoms with Crippen molar-refractivity contribution in [3.63, 3.8) is 0 Å². The van der Waals surface area contributed by atoms with Gasteiger partial charge in [0.1, 0.15) is 0 Å². The van der Waals surface area contributed by atoms with Gasteiger partial charge in [-0.3, -0.25) is 4.79 Å². The van der Waals surface area contributed by atoms with E-state index >= 15 is 0 Å². The molecule has 0 spiro atoms. The van der Waals surface area contributed by atoms with E-state index in [0.717, 1.165) is 8.04 Å². The third kappa shape index (κ3) is 3.61. The van der Waals surface area contributed by atoms with Gasteiger partial charge in [-0.15, -0.1) is 0 Å². The van der Waals surface area contributed by atoms with Crippen LogP contribution in [0, 0.1) is 3.57 Å². The predicted molar refractivity (Wildman–Crippen MR) is 90.7 cm³/mol. The monoisotopic (exact) mass is 450 g/mol. The van der Waals surface area contributed by atoms with Gasteiger partial charge in [0.05, 0.1) is 10.7 Å². The second-order valence-corrected chi connectivity index (χ2v) is 6.25. The SMILES string of the molecule is Nc1ccc(Br)c(NC(=O)c2ccc(I)c(Cl)c2)c1. The minimum atomic E-state index is -0.232. The number of nitrogens with two attached hydrogens (primary N) is 1. The Morgan fingerprint density at radius 2 is 2.00 bits per heavy atom. The molecule has 0 saturated carbocycles. The van der Waals surface area contributed by atoms with Crippen molar-refractivity contribution in [2.24, 2.45) is 0 Å². The normalized spacial score (nSPS) is 10.3. The zero-order valence-electron chi connectivity index (χ0n) is 9.58. The van der Waals surface area contributed by atoms with Crippen molar-refractivity contribution in [1.82, 2.24) is 0 Å². The average molecular weight is 451 g/mol. The molecule has 19 heavy (non-hydrogen) atoms. The highest BCUT2D eigenvalue weighted by molar-refractivity contribution is 14.1. The first-order valence-corrected chi connectivity index (χ1v) is 7.54. The number of halogens is 3. The smallest absolute Gasteiger partial charge is 0.255 e. The van der Waals surface area contributed by atoms with E-state index < -0.39 is 0 Å². The number of benzene rings is 2. The summed E-state index contributed by atoms with van der Waals surface area (Å²) in [5, 5.41) is 3.34. The molecule has 0 aromatic heterocycles. The summed E-state index contributed by atoms with van der Waals surface area (Å²) in [6.45, 7) is 0. The first kappa shape index (κ1) is 14.6. The highest BCUT2D eigenvalue weighted by Gasteiger charge is 2.10. The van der Waals surface area contributed by atoms with E-state index in [2.05, 4.69) is 43.8 Å². The number of carbonyl (C=O) groups excluding carboxylic acids is 1. The maximum Gasteiger partial charge on any atom is 0.255 e. The second kappa shape index (κ2) is 6.11. The Balaban J connectivity index is 2.25. The molecule has 0 unspecified atom stereocenters. The summed E-state index contributed by atoms with van der Waals surface area (Å²) in [6, 6.07) is 10.4. The molecule has 1 amide bonds. The fourth-order valence-electron chi connectivity index (χ4n) is 1.47. The van der Waals surface area contributed by atoms with Crippen molar-refractivity contribution in [3.05, 3.63) is 55.0 Å². The molecular weight excluding hydrogens is 442 g/mol. The lowest BCUT2D eigenvalue weighted by Gasteiger charge is -2.09. The topological polar surface area (TPSA) is 55.1 Å². The Morgan fingerprint density at radius 1 is 1.26 bits per heavy atom. The van der Waals surface area contributed by atoms with E-state index in [1.165, 1.54) is 0 Å². The maximum atomic E-state index is 12.1. The number of amides is 1. The van der Waals surface area contributed by atoms with Gasteiger partial charge in [0.2, 0.25) is 0 Å². The van der Waals surface area contributed by atoms with E-state index in [-0.39, 0.29) is 5.91 Å². The Kier molecular flexibility index (Phi) is 4.70. The van der Waals surface area contributed by atoms with Crippen molar-refractivity contribution >= 4 is 67.4 Å². The van der Waals surface area contributed by atoms with Crippen molar-refractivity contribution in [1.29, 1.82) is 0 Å². The molecule has 98 valence electrons. The molecule has 2 aromatic carbocycles. The van der Waals surface area contributed by atoms with Crippen LogP contribution in [-0.4, -0.2) is 5.91 Å². The lowest BCUT2D eigenvalue weighted by molar-refractivity contribution is 0.102. The lowest BCUT2D eigenvalue weighted by atomic mass is 10.2. The molecule has 2 rings (SSSR count). The van der Waals surface area contributed by atoms with E-state index in [1.807, 2.05) is 0 Å². The summed E-state index contributed by atoms with van der Waals surface area (Å²) in [5.41, 5.74) is 7.40. The number of hydrogen-bond donors (Lipinski definition) is 2. The third-order valence-electron chi connectivity index (χ3n) is 2.42. The van der Waals surface area contributed by atoms with Gasteiger partial charge in [0, 0.05) is 19.3 Å². The summed E-state index contributed by atoms with van der Waals surface area (Å²) in [6.07, 6.45) is 0. The van der Waals surface area contributed by atoms with Gasteiger partial charge in [-0.25, -0.2) is 0 Å². The Bertz CT molecular complexity index is 649. The lowest BCUT2D eigenvalue weighted by Crippen LogP contribution is -2.12. The molecule has 6 heteroatoms. The van der Waals surface area contributed by atoms with Crippen LogP contribution in [0.25, 0.3) is 0 Å². The largest absolute Gasteiger partial charge is 0.399 e. The number of nitrogen functional groups attached to an aromatic ring is 1. The second-order valence-electron chi connectivity index (χ2n) is 3.82. The van der Waals surface area contributed by atoms with Crippen LogP contribution in [0.1, 0.15) is 10.4 Å². The van der Waals surface area contributed by atoms with Gasteiger partial charge in [0.15, 0.2) is 0 Å². The van der Waals surface area contributed by atoms with Gasteiger partial charge in [-0.2, -0.15) is 0 Å². The molecule has 0 fully saturated rings. The van der Waals surface area contributed by atoms with Gasteiger partial charge in [-0.05, 0) is 74.9 Å². The van der Waals surface area contributed by atoms with Crippen LogP contribution in [0.2, 0.25) is 5.02 Å². The number of hydrogen-bond acceptors (Lipinski definition) is 2. The van der Waals surface area contributed by atoms with Crippen LogP contribution < -0.4 is 11.1 Å². The summed E-state index contributed by atoms with van der Waals surface area (Å²) in [7, 11) is 0. The summed E-state index contributed by atoms with van der Waals surface area (Å²) in [5.74, 6) is -0.232. The predicted octanol–water partition coefficient (Wildman–Crippen LogP) is 4.54. The molecule has 0 aliphatic rings. The summed E-state index contributed by atoms with van der Waals surface area (Å²) in [4.78, 5) is 12.1. The van der Waals surface area contributed by atoms with Crippen LogP contribution in [0.15, 0.2) is 40.9 Å². The highest BCUT2D eigenvalue weighted by Crippen LogP contribution is 2.26. The molecule has 0 aliphatic carbocycles. The van der Waals surface area contributed by atoms with Crippen molar-refractivity contribution in [2.75, 3.05) is 11.1 Å².